The van der Waals surface area contributed by atoms with E-state index >= 15 is 0 Å². The molecule has 2 rings (SSSR count). The SMILES string of the molecule is CCOc1ccc(NC(=O)[C@@H](C)OC(=O)c2cc([N+](=O)[O-])ccc2N(C)C)cc1. The van der Waals surface area contributed by atoms with Crippen molar-refractivity contribution in [3.05, 3.63) is 58.1 Å². The largest absolute Gasteiger partial charge is 0.494 e. The van der Waals surface area contributed by atoms with Crippen LogP contribution in [0.2, 0.25) is 0 Å². The first-order valence-electron chi connectivity index (χ1n) is 8.93. The highest BCUT2D eigenvalue weighted by atomic mass is 16.6. The molecule has 0 fully saturated rings. The summed E-state index contributed by atoms with van der Waals surface area (Å²) in [5, 5.41) is 13.7. The summed E-state index contributed by atoms with van der Waals surface area (Å²) in [5.74, 6) is -0.682. The molecule has 9 heteroatoms. The number of rotatable bonds is 8. The number of carbonyl (C=O) groups is 2. The van der Waals surface area contributed by atoms with Gasteiger partial charge in [0.1, 0.15) is 5.75 Å². The number of benzene rings is 2. The molecule has 0 bridgehead atoms. The highest BCUT2D eigenvalue weighted by molar-refractivity contribution is 6.00. The molecular formula is C20H23N3O6. The number of nitro groups is 1. The molecule has 154 valence electrons. The second-order valence-corrected chi connectivity index (χ2v) is 6.35. The summed E-state index contributed by atoms with van der Waals surface area (Å²) in [6.45, 7) is 3.83. The van der Waals surface area contributed by atoms with Gasteiger partial charge < -0.3 is 19.7 Å². The number of amides is 1. The summed E-state index contributed by atoms with van der Waals surface area (Å²) in [6.07, 6.45) is -1.11. The first kappa shape index (κ1) is 21.7. The first-order chi connectivity index (χ1) is 13.7. The summed E-state index contributed by atoms with van der Waals surface area (Å²) in [6, 6.07) is 10.6. The zero-order chi connectivity index (χ0) is 21.6. The van der Waals surface area contributed by atoms with Gasteiger partial charge in [-0.25, -0.2) is 4.79 Å². The molecule has 0 unspecified atom stereocenters. The Morgan fingerprint density at radius 3 is 2.38 bits per heavy atom. The minimum atomic E-state index is -1.11. The Balaban J connectivity index is 2.10. The lowest BCUT2D eigenvalue weighted by molar-refractivity contribution is -0.384. The summed E-state index contributed by atoms with van der Waals surface area (Å²) in [5.41, 5.74) is 0.726. The number of hydrogen-bond acceptors (Lipinski definition) is 7. The molecule has 0 radical (unpaired) electrons. The van der Waals surface area contributed by atoms with Crippen molar-refractivity contribution in [1.29, 1.82) is 0 Å². The van der Waals surface area contributed by atoms with Gasteiger partial charge >= 0.3 is 5.97 Å². The molecule has 0 aliphatic rings. The van der Waals surface area contributed by atoms with Crippen LogP contribution in [0.25, 0.3) is 0 Å². The molecule has 9 nitrogen and oxygen atoms in total. The molecule has 29 heavy (non-hydrogen) atoms. The highest BCUT2D eigenvalue weighted by Gasteiger charge is 2.24. The van der Waals surface area contributed by atoms with Gasteiger partial charge in [0.2, 0.25) is 0 Å². The van der Waals surface area contributed by atoms with Crippen LogP contribution in [0, 0.1) is 10.1 Å². The van der Waals surface area contributed by atoms with Crippen molar-refractivity contribution in [3.8, 4) is 5.75 Å². The minimum Gasteiger partial charge on any atom is -0.494 e. The molecule has 1 atom stereocenters. The Hall–Kier alpha value is -3.62. The van der Waals surface area contributed by atoms with Crippen molar-refractivity contribution >= 4 is 28.9 Å². The summed E-state index contributed by atoms with van der Waals surface area (Å²) in [4.78, 5) is 37.0. The van der Waals surface area contributed by atoms with E-state index < -0.39 is 22.9 Å². The molecule has 1 amide bonds. The number of carbonyl (C=O) groups excluding carboxylic acids is 2. The normalized spacial score (nSPS) is 11.3. The third kappa shape index (κ3) is 5.68. The minimum absolute atomic E-state index is 0.00455. The third-order valence-electron chi connectivity index (χ3n) is 3.98. The molecule has 2 aromatic carbocycles. The molecule has 0 aromatic heterocycles. The van der Waals surface area contributed by atoms with Gasteiger partial charge in [0.15, 0.2) is 6.10 Å². The van der Waals surface area contributed by atoms with E-state index in [4.69, 9.17) is 9.47 Å². The van der Waals surface area contributed by atoms with Crippen LogP contribution >= 0.6 is 0 Å². The van der Waals surface area contributed by atoms with Crippen LogP contribution in [-0.4, -0.2) is 43.6 Å². The Labute approximate surface area is 168 Å². The molecule has 0 heterocycles. The fourth-order valence-electron chi connectivity index (χ4n) is 2.51. The Bertz CT molecular complexity index is 896. The standard InChI is InChI=1S/C20H23N3O6/c1-5-28-16-9-6-14(7-10-16)21-19(24)13(2)29-20(25)17-12-15(23(26)27)8-11-18(17)22(3)4/h6-13H,5H2,1-4H3,(H,21,24)/t13-/m1/s1. The van der Waals surface area contributed by atoms with Crippen LogP contribution < -0.4 is 15.0 Å². The zero-order valence-electron chi connectivity index (χ0n) is 16.7. The number of nitro benzene ring substituents is 1. The number of ether oxygens (including phenoxy) is 2. The maximum atomic E-state index is 12.6. The topological polar surface area (TPSA) is 111 Å². The molecule has 0 spiro atoms. The van der Waals surface area contributed by atoms with Gasteiger partial charge in [-0.2, -0.15) is 0 Å². The van der Waals surface area contributed by atoms with E-state index in [1.807, 2.05) is 6.92 Å². The summed E-state index contributed by atoms with van der Waals surface area (Å²) < 4.78 is 10.6. The van der Waals surface area contributed by atoms with Crippen molar-refractivity contribution in [2.75, 3.05) is 30.9 Å². The van der Waals surface area contributed by atoms with Crippen molar-refractivity contribution in [1.82, 2.24) is 0 Å². The monoisotopic (exact) mass is 401 g/mol. The van der Waals surface area contributed by atoms with Gasteiger partial charge in [-0.05, 0) is 44.2 Å². The molecule has 2 aromatic rings. The molecule has 0 saturated heterocycles. The number of esters is 1. The third-order valence-corrected chi connectivity index (χ3v) is 3.98. The molecule has 0 aliphatic heterocycles. The van der Waals surface area contributed by atoms with E-state index in [1.54, 1.807) is 43.3 Å². The van der Waals surface area contributed by atoms with Crippen molar-refractivity contribution in [2.45, 2.75) is 20.0 Å². The van der Waals surface area contributed by atoms with E-state index in [9.17, 15) is 19.7 Å². The Morgan fingerprint density at radius 2 is 1.83 bits per heavy atom. The zero-order valence-corrected chi connectivity index (χ0v) is 16.7. The average molecular weight is 401 g/mol. The number of nitrogens with one attached hydrogen (secondary N) is 1. The fraction of sp³-hybridized carbons (Fsp3) is 0.300. The highest BCUT2D eigenvalue weighted by Crippen LogP contribution is 2.25. The van der Waals surface area contributed by atoms with Crippen molar-refractivity contribution in [2.24, 2.45) is 0 Å². The number of non-ortho nitro benzene ring substituents is 1. The van der Waals surface area contributed by atoms with Crippen LogP contribution in [0.5, 0.6) is 5.75 Å². The second-order valence-electron chi connectivity index (χ2n) is 6.35. The molecular weight excluding hydrogens is 378 g/mol. The average Bonchev–Trinajstić information content (AvgIpc) is 2.68. The van der Waals surface area contributed by atoms with E-state index in [1.165, 1.54) is 19.1 Å². The predicted molar refractivity (Wildman–Crippen MR) is 109 cm³/mol. The predicted octanol–water partition coefficient (Wildman–Crippen LogP) is 3.24. The maximum Gasteiger partial charge on any atom is 0.341 e. The lowest BCUT2D eigenvalue weighted by Crippen LogP contribution is -2.30. The van der Waals surface area contributed by atoms with E-state index in [0.717, 1.165) is 6.07 Å². The van der Waals surface area contributed by atoms with Crippen LogP contribution in [0.15, 0.2) is 42.5 Å². The summed E-state index contributed by atoms with van der Waals surface area (Å²) in [7, 11) is 3.39. The van der Waals surface area contributed by atoms with Gasteiger partial charge in [0.05, 0.1) is 22.8 Å². The number of nitrogens with zero attached hydrogens (tertiary/aromatic N) is 2. The van der Waals surface area contributed by atoms with Gasteiger partial charge in [-0.15, -0.1) is 0 Å². The van der Waals surface area contributed by atoms with Crippen LogP contribution in [0.1, 0.15) is 24.2 Å². The van der Waals surface area contributed by atoms with Crippen LogP contribution in [-0.2, 0) is 9.53 Å². The van der Waals surface area contributed by atoms with E-state index in [2.05, 4.69) is 5.32 Å². The lowest BCUT2D eigenvalue weighted by Gasteiger charge is -2.18. The smallest absolute Gasteiger partial charge is 0.341 e. The maximum absolute atomic E-state index is 12.6. The number of anilines is 2. The van der Waals surface area contributed by atoms with E-state index in [-0.39, 0.29) is 11.3 Å². The molecule has 1 N–H and O–H groups in total. The van der Waals surface area contributed by atoms with Crippen molar-refractivity contribution in [3.63, 3.8) is 0 Å². The van der Waals surface area contributed by atoms with E-state index in [0.29, 0.717) is 23.7 Å². The summed E-state index contributed by atoms with van der Waals surface area (Å²) >= 11 is 0. The molecule has 0 saturated carbocycles. The first-order valence-corrected chi connectivity index (χ1v) is 8.93. The fourth-order valence-corrected chi connectivity index (χ4v) is 2.51. The lowest BCUT2D eigenvalue weighted by atomic mass is 10.1. The van der Waals surface area contributed by atoms with Gasteiger partial charge in [-0.1, -0.05) is 0 Å². The van der Waals surface area contributed by atoms with Gasteiger partial charge in [-0.3, -0.25) is 14.9 Å². The quantitative estimate of drug-likeness (QED) is 0.411. The Kier molecular flexibility index (Phi) is 7.13. The van der Waals surface area contributed by atoms with Crippen LogP contribution in [0.3, 0.4) is 0 Å². The van der Waals surface area contributed by atoms with Crippen molar-refractivity contribution < 1.29 is 24.0 Å². The number of hydrogen-bond donors (Lipinski definition) is 1. The Morgan fingerprint density at radius 1 is 1.17 bits per heavy atom. The van der Waals surface area contributed by atoms with Gasteiger partial charge in [0.25, 0.3) is 11.6 Å². The second kappa shape index (κ2) is 9.54. The van der Waals surface area contributed by atoms with Crippen LogP contribution in [0.4, 0.5) is 17.1 Å². The molecule has 0 aliphatic carbocycles. The van der Waals surface area contributed by atoms with Gasteiger partial charge in [0, 0.05) is 31.9 Å².